The van der Waals surface area contributed by atoms with Gasteiger partial charge in [0, 0.05) is 0 Å². The second kappa shape index (κ2) is 19.2. The van der Waals surface area contributed by atoms with Gasteiger partial charge in [-0.25, -0.2) is 0 Å². The summed E-state index contributed by atoms with van der Waals surface area (Å²) >= 11 is 5.78. The van der Waals surface area contributed by atoms with Crippen LogP contribution in [-0.4, -0.2) is 70.8 Å². The van der Waals surface area contributed by atoms with Crippen LogP contribution in [0.25, 0.3) is 0 Å². The van der Waals surface area contributed by atoms with Crippen molar-refractivity contribution in [2.75, 3.05) is 6.61 Å². The van der Waals surface area contributed by atoms with Crippen LogP contribution in [0.15, 0.2) is 121 Å². The number of nitrogens with one attached hydrogen (secondary N) is 2. The van der Waals surface area contributed by atoms with Crippen LogP contribution in [0.2, 0.25) is 0 Å². The molecule has 1 unspecified atom stereocenters. The first-order valence-electron chi connectivity index (χ1n) is 17.7. The number of hydrogen-bond acceptors (Lipinski definition) is 8. The lowest BCUT2D eigenvalue weighted by atomic mass is 9.90. The Bertz CT molecular complexity index is 1580. The van der Waals surface area contributed by atoms with Crippen molar-refractivity contribution < 1.29 is 33.9 Å². The number of aliphatic hydroxyl groups is 2. The molecule has 10 heteroatoms. The second-order valence-electron chi connectivity index (χ2n) is 13.1. The van der Waals surface area contributed by atoms with Crippen LogP contribution in [0, 0.1) is 0 Å². The summed E-state index contributed by atoms with van der Waals surface area (Å²) in [5.74, 6) is 0. The van der Waals surface area contributed by atoms with Gasteiger partial charge in [-0.3, -0.25) is 0 Å². The first-order chi connectivity index (χ1) is 25.0. The fourth-order valence-corrected chi connectivity index (χ4v) is 6.82. The third kappa shape index (κ3) is 10.9. The molecule has 1 saturated carbocycles. The first kappa shape index (κ1) is 37.1. The predicted octanol–water partition coefficient (Wildman–Crippen LogP) is 5.42. The summed E-state index contributed by atoms with van der Waals surface area (Å²) in [4.78, 5) is 0. The van der Waals surface area contributed by atoms with E-state index in [0.717, 1.165) is 28.7 Å². The highest BCUT2D eigenvalue weighted by Crippen LogP contribution is 2.30. The van der Waals surface area contributed by atoms with Gasteiger partial charge in [0.05, 0.1) is 51.3 Å². The summed E-state index contributed by atoms with van der Waals surface area (Å²) in [5, 5.41) is 28.1. The molecule has 0 radical (unpaired) electrons. The molecule has 0 amide bonds. The summed E-state index contributed by atoms with van der Waals surface area (Å²) < 4.78 is 33.3. The lowest BCUT2D eigenvalue weighted by molar-refractivity contribution is -0.275. The molecule has 0 bridgehead atoms. The van der Waals surface area contributed by atoms with Gasteiger partial charge in [0.15, 0.2) is 11.3 Å². The molecule has 6 rings (SSSR count). The van der Waals surface area contributed by atoms with Gasteiger partial charge >= 0.3 is 0 Å². The van der Waals surface area contributed by atoms with Crippen LogP contribution in [0.1, 0.15) is 41.5 Å². The lowest BCUT2D eigenvalue weighted by Crippen LogP contribution is -2.67. The van der Waals surface area contributed by atoms with E-state index in [9.17, 15) is 10.2 Å². The quantitative estimate of drug-likeness (QED) is 0.119. The molecule has 9 nitrogen and oxygen atoms in total. The van der Waals surface area contributed by atoms with E-state index in [0.29, 0.717) is 39.3 Å². The maximum absolute atomic E-state index is 10.7. The summed E-state index contributed by atoms with van der Waals surface area (Å²) in [7, 11) is 0. The summed E-state index contributed by atoms with van der Waals surface area (Å²) in [6, 6.07) is 39.3. The Morgan fingerprint density at radius 1 is 0.588 bits per heavy atom. The minimum atomic E-state index is -0.797. The standard InChI is InChI=1S/C41H48N2O7S/c44-33-22-13-23-34(45)36(33)42-41(51)43-40-39(49-27-32-20-11-4-12-21-32)38(48-26-31-18-9-3-10-19-31)37(47-25-30-16-7-2-8-17-30)35(50-40)28-46-24-29-14-5-1-6-15-29/h1-12,14-21,33-40,44-45H,13,22-28H2,(H2,42,43,51)/t33-,34+,35-,36?,37-,38+,39-,40+/m1/s1. The molecule has 1 saturated heterocycles. The first-order valence-corrected chi connectivity index (χ1v) is 18.1. The van der Waals surface area contributed by atoms with Crippen LogP contribution in [0.5, 0.6) is 0 Å². The van der Waals surface area contributed by atoms with Gasteiger partial charge in [-0.2, -0.15) is 0 Å². The Labute approximate surface area is 305 Å². The van der Waals surface area contributed by atoms with Crippen molar-refractivity contribution in [2.24, 2.45) is 0 Å². The summed E-state index contributed by atoms with van der Waals surface area (Å²) in [6.07, 6.45) is -2.85. The van der Waals surface area contributed by atoms with E-state index < -0.39 is 48.9 Å². The third-order valence-corrected chi connectivity index (χ3v) is 9.52. The molecule has 1 aliphatic carbocycles. The Morgan fingerprint density at radius 3 is 1.51 bits per heavy atom. The molecule has 0 spiro atoms. The lowest BCUT2D eigenvalue weighted by Gasteiger charge is -2.46. The Morgan fingerprint density at radius 2 is 1.02 bits per heavy atom. The van der Waals surface area contributed by atoms with Crippen molar-refractivity contribution in [3.05, 3.63) is 144 Å². The number of benzene rings is 4. The molecule has 1 aliphatic heterocycles. The van der Waals surface area contributed by atoms with Crippen molar-refractivity contribution in [2.45, 2.75) is 94.6 Å². The highest BCUT2D eigenvalue weighted by Gasteiger charge is 2.49. The van der Waals surface area contributed by atoms with Crippen LogP contribution >= 0.6 is 12.2 Å². The van der Waals surface area contributed by atoms with Crippen LogP contribution in [0.3, 0.4) is 0 Å². The largest absolute Gasteiger partial charge is 0.391 e. The number of aliphatic hydroxyl groups excluding tert-OH is 2. The van der Waals surface area contributed by atoms with E-state index in [1.807, 2.05) is 121 Å². The van der Waals surface area contributed by atoms with E-state index in [4.69, 9.17) is 35.9 Å². The van der Waals surface area contributed by atoms with Crippen molar-refractivity contribution in [1.82, 2.24) is 10.6 Å². The number of thiocarbonyl (C=S) groups is 1. The summed E-state index contributed by atoms with van der Waals surface area (Å²) in [5.41, 5.74) is 4.05. The molecular formula is C41H48N2O7S. The van der Waals surface area contributed by atoms with Gasteiger partial charge in [-0.1, -0.05) is 121 Å². The molecule has 1 heterocycles. The highest BCUT2D eigenvalue weighted by atomic mass is 32.1. The number of ether oxygens (including phenoxy) is 5. The van der Waals surface area contributed by atoms with E-state index in [-0.39, 0.29) is 11.7 Å². The van der Waals surface area contributed by atoms with Crippen molar-refractivity contribution in [3.63, 3.8) is 0 Å². The normalized spacial score (nSPS) is 26.3. The zero-order valence-corrected chi connectivity index (χ0v) is 29.5. The maximum Gasteiger partial charge on any atom is 0.168 e. The van der Waals surface area contributed by atoms with Crippen molar-refractivity contribution in [1.29, 1.82) is 0 Å². The smallest absolute Gasteiger partial charge is 0.168 e. The number of rotatable bonds is 15. The van der Waals surface area contributed by atoms with Crippen molar-refractivity contribution in [3.8, 4) is 0 Å². The zero-order valence-electron chi connectivity index (χ0n) is 28.7. The van der Waals surface area contributed by atoms with Crippen LogP contribution in [0.4, 0.5) is 0 Å². The molecule has 4 aromatic rings. The summed E-state index contributed by atoms with van der Waals surface area (Å²) in [6.45, 7) is 1.54. The molecule has 270 valence electrons. The topological polar surface area (TPSA) is 111 Å². The van der Waals surface area contributed by atoms with Gasteiger partial charge in [-0.15, -0.1) is 0 Å². The minimum Gasteiger partial charge on any atom is -0.391 e. The average molecular weight is 713 g/mol. The second-order valence-corrected chi connectivity index (χ2v) is 13.5. The van der Waals surface area contributed by atoms with Crippen molar-refractivity contribution >= 4 is 17.3 Å². The number of hydrogen-bond donors (Lipinski definition) is 4. The van der Waals surface area contributed by atoms with Crippen LogP contribution < -0.4 is 10.6 Å². The van der Waals surface area contributed by atoms with Gasteiger partial charge in [-0.05, 0) is 53.7 Å². The molecule has 2 fully saturated rings. The highest BCUT2D eigenvalue weighted by molar-refractivity contribution is 7.80. The molecule has 4 N–H and O–H groups in total. The zero-order chi connectivity index (χ0) is 35.3. The van der Waals surface area contributed by atoms with E-state index in [2.05, 4.69) is 10.6 Å². The fraction of sp³-hybridized carbons (Fsp3) is 0.390. The minimum absolute atomic E-state index is 0.212. The average Bonchev–Trinajstić information content (AvgIpc) is 3.16. The Balaban J connectivity index is 1.29. The molecule has 4 aromatic carbocycles. The van der Waals surface area contributed by atoms with Gasteiger partial charge in [0.1, 0.15) is 24.4 Å². The monoisotopic (exact) mass is 712 g/mol. The van der Waals surface area contributed by atoms with Gasteiger partial charge in [0.25, 0.3) is 0 Å². The van der Waals surface area contributed by atoms with E-state index in [1.165, 1.54) is 0 Å². The molecular weight excluding hydrogens is 665 g/mol. The van der Waals surface area contributed by atoms with Crippen LogP contribution in [-0.2, 0) is 50.1 Å². The molecule has 51 heavy (non-hydrogen) atoms. The van der Waals surface area contributed by atoms with E-state index >= 15 is 0 Å². The fourth-order valence-electron chi connectivity index (χ4n) is 6.57. The molecule has 0 aromatic heterocycles. The molecule has 2 aliphatic rings. The predicted molar refractivity (Wildman–Crippen MR) is 198 cm³/mol. The maximum atomic E-state index is 10.7. The van der Waals surface area contributed by atoms with Gasteiger partial charge in [0.2, 0.25) is 0 Å². The van der Waals surface area contributed by atoms with E-state index in [1.54, 1.807) is 0 Å². The van der Waals surface area contributed by atoms with Gasteiger partial charge < -0.3 is 44.5 Å². The Hall–Kier alpha value is -3.71. The SMILES string of the molecule is O[C@@H]1CCC[C@H](O)C1NC(=S)N[C@H]1O[C@H](COCc2ccccc2)[C@@H](OCc2ccccc2)[C@H](OCc2ccccc2)[C@H]1OCc1ccccc1. The third-order valence-electron chi connectivity index (χ3n) is 9.28. The molecule has 8 atom stereocenters. The Kier molecular flexibility index (Phi) is 14.0.